The fourth-order valence-corrected chi connectivity index (χ4v) is 1.87. The van der Waals surface area contributed by atoms with Crippen molar-refractivity contribution >= 4 is 24.2 Å². The van der Waals surface area contributed by atoms with Crippen molar-refractivity contribution in [3.8, 4) is 0 Å². The topological polar surface area (TPSA) is 70.7 Å². The third-order valence-corrected chi connectivity index (χ3v) is 2.98. The van der Waals surface area contributed by atoms with E-state index in [-0.39, 0.29) is 37.1 Å². The Morgan fingerprint density at radius 2 is 1.80 bits per heavy atom. The summed E-state index contributed by atoms with van der Waals surface area (Å²) in [7, 11) is 0. The molecule has 0 unspecified atom stereocenters. The number of halogens is 1. The van der Waals surface area contributed by atoms with Crippen LogP contribution in [-0.4, -0.2) is 62.7 Å². The van der Waals surface area contributed by atoms with Gasteiger partial charge in [-0.15, -0.1) is 12.4 Å². The van der Waals surface area contributed by atoms with Gasteiger partial charge in [0.15, 0.2) is 0 Å². The van der Waals surface area contributed by atoms with E-state index in [0.717, 1.165) is 19.5 Å². The van der Waals surface area contributed by atoms with Gasteiger partial charge in [0.1, 0.15) is 0 Å². The Morgan fingerprint density at radius 3 is 2.45 bits per heavy atom. The molecule has 0 aromatic heterocycles. The smallest absolute Gasteiger partial charge is 0.223 e. The first-order chi connectivity index (χ1) is 9.24. The highest BCUT2D eigenvalue weighted by atomic mass is 35.5. The van der Waals surface area contributed by atoms with Gasteiger partial charge in [0, 0.05) is 39.0 Å². The van der Waals surface area contributed by atoms with Crippen LogP contribution in [0.25, 0.3) is 0 Å². The summed E-state index contributed by atoms with van der Waals surface area (Å²) in [5.41, 5.74) is 0. The van der Waals surface area contributed by atoms with Gasteiger partial charge in [-0.2, -0.15) is 0 Å². The second kappa shape index (κ2) is 11.9. The highest BCUT2D eigenvalue weighted by Gasteiger charge is 2.17. The molecular weight excluding hydrogens is 282 g/mol. The molecule has 0 atom stereocenters. The lowest BCUT2D eigenvalue weighted by molar-refractivity contribution is -0.137. The summed E-state index contributed by atoms with van der Waals surface area (Å²) < 4.78 is 5.18. The van der Waals surface area contributed by atoms with Crippen molar-refractivity contribution in [3.05, 3.63) is 0 Å². The zero-order valence-corrected chi connectivity index (χ0v) is 13.0. The first-order valence-corrected chi connectivity index (χ1v) is 7.07. The molecule has 20 heavy (non-hydrogen) atoms. The molecular formula is C13H26ClN3O3. The SMILES string of the molecule is CCCNCCNC(=O)CCC(=O)N1CCOCC1.Cl. The van der Waals surface area contributed by atoms with Crippen LogP contribution in [-0.2, 0) is 14.3 Å². The summed E-state index contributed by atoms with van der Waals surface area (Å²) in [5.74, 6) is -0.0116. The number of hydrogen-bond donors (Lipinski definition) is 2. The molecule has 118 valence electrons. The van der Waals surface area contributed by atoms with Crippen LogP contribution in [0.3, 0.4) is 0 Å². The van der Waals surface area contributed by atoms with E-state index in [2.05, 4.69) is 17.6 Å². The number of carbonyl (C=O) groups is 2. The fourth-order valence-electron chi connectivity index (χ4n) is 1.87. The van der Waals surface area contributed by atoms with E-state index >= 15 is 0 Å². The molecule has 1 heterocycles. The maximum Gasteiger partial charge on any atom is 0.223 e. The lowest BCUT2D eigenvalue weighted by Gasteiger charge is -2.26. The molecule has 7 heteroatoms. The highest BCUT2D eigenvalue weighted by Crippen LogP contribution is 2.02. The summed E-state index contributed by atoms with van der Waals surface area (Å²) in [4.78, 5) is 25.1. The Hall–Kier alpha value is -0.850. The Kier molecular flexibility index (Phi) is 11.4. The zero-order valence-electron chi connectivity index (χ0n) is 12.2. The van der Waals surface area contributed by atoms with Crippen LogP contribution in [0.1, 0.15) is 26.2 Å². The summed E-state index contributed by atoms with van der Waals surface area (Å²) in [6.45, 7) is 6.93. The molecule has 1 aliphatic heterocycles. The summed E-state index contributed by atoms with van der Waals surface area (Å²) in [5, 5.41) is 6.01. The Labute approximate surface area is 127 Å². The molecule has 0 spiro atoms. The van der Waals surface area contributed by atoms with Crippen molar-refractivity contribution in [3.63, 3.8) is 0 Å². The maximum absolute atomic E-state index is 11.8. The Morgan fingerprint density at radius 1 is 1.10 bits per heavy atom. The largest absolute Gasteiger partial charge is 0.378 e. The van der Waals surface area contributed by atoms with E-state index in [4.69, 9.17) is 4.74 Å². The lowest BCUT2D eigenvalue weighted by Crippen LogP contribution is -2.41. The number of hydrogen-bond acceptors (Lipinski definition) is 4. The number of nitrogens with zero attached hydrogens (tertiary/aromatic N) is 1. The predicted octanol–water partition coefficient (Wildman–Crippen LogP) is 0.163. The molecule has 0 radical (unpaired) electrons. The van der Waals surface area contributed by atoms with Crippen LogP contribution < -0.4 is 10.6 Å². The van der Waals surface area contributed by atoms with E-state index in [0.29, 0.717) is 32.8 Å². The highest BCUT2D eigenvalue weighted by molar-refractivity contribution is 5.85. The van der Waals surface area contributed by atoms with E-state index in [1.165, 1.54) is 0 Å². The van der Waals surface area contributed by atoms with E-state index < -0.39 is 0 Å². The van der Waals surface area contributed by atoms with Gasteiger partial charge < -0.3 is 20.3 Å². The Bertz CT molecular complexity index is 284. The van der Waals surface area contributed by atoms with Crippen molar-refractivity contribution < 1.29 is 14.3 Å². The minimum Gasteiger partial charge on any atom is -0.378 e. The van der Waals surface area contributed by atoms with Crippen molar-refractivity contribution in [1.82, 2.24) is 15.5 Å². The molecule has 0 aliphatic carbocycles. The average Bonchev–Trinajstić information content (AvgIpc) is 2.45. The fraction of sp³-hybridized carbons (Fsp3) is 0.846. The van der Waals surface area contributed by atoms with Gasteiger partial charge in [-0.3, -0.25) is 9.59 Å². The van der Waals surface area contributed by atoms with Gasteiger partial charge in [-0.05, 0) is 13.0 Å². The first kappa shape index (κ1) is 19.1. The predicted molar refractivity (Wildman–Crippen MR) is 80.1 cm³/mol. The third kappa shape index (κ3) is 8.35. The summed E-state index contributed by atoms with van der Waals surface area (Å²) in [6.07, 6.45) is 1.64. The zero-order chi connectivity index (χ0) is 13.9. The molecule has 0 aromatic carbocycles. The Balaban J connectivity index is 0.00000361. The van der Waals surface area contributed by atoms with Crippen LogP contribution in [0.4, 0.5) is 0 Å². The number of rotatable bonds is 8. The van der Waals surface area contributed by atoms with Crippen LogP contribution in [0.15, 0.2) is 0 Å². The monoisotopic (exact) mass is 307 g/mol. The van der Waals surface area contributed by atoms with Crippen LogP contribution >= 0.6 is 12.4 Å². The van der Waals surface area contributed by atoms with Crippen molar-refractivity contribution in [2.75, 3.05) is 45.9 Å². The molecule has 1 aliphatic rings. The van der Waals surface area contributed by atoms with Gasteiger partial charge in [-0.25, -0.2) is 0 Å². The van der Waals surface area contributed by atoms with E-state index in [9.17, 15) is 9.59 Å². The number of nitrogens with one attached hydrogen (secondary N) is 2. The van der Waals surface area contributed by atoms with E-state index in [1.54, 1.807) is 4.90 Å². The second-order valence-electron chi connectivity index (χ2n) is 4.59. The molecule has 0 aromatic rings. The second-order valence-corrected chi connectivity index (χ2v) is 4.59. The van der Waals surface area contributed by atoms with Crippen molar-refractivity contribution in [2.45, 2.75) is 26.2 Å². The minimum absolute atomic E-state index is 0. The van der Waals surface area contributed by atoms with Crippen LogP contribution in [0.2, 0.25) is 0 Å². The lowest BCUT2D eigenvalue weighted by atomic mass is 10.2. The van der Waals surface area contributed by atoms with Crippen LogP contribution in [0, 0.1) is 0 Å². The first-order valence-electron chi connectivity index (χ1n) is 7.07. The molecule has 2 amide bonds. The third-order valence-electron chi connectivity index (χ3n) is 2.98. The number of amides is 2. The van der Waals surface area contributed by atoms with Crippen molar-refractivity contribution in [2.24, 2.45) is 0 Å². The normalized spacial score (nSPS) is 14.6. The minimum atomic E-state index is -0.0556. The molecule has 6 nitrogen and oxygen atoms in total. The molecule has 0 bridgehead atoms. The van der Waals surface area contributed by atoms with Gasteiger partial charge >= 0.3 is 0 Å². The number of carbonyl (C=O) groups excluding carboxylic acids is 2. The number of ether oxygens (including phenoxy) is 1. The maximum atomic E-state index is 11.8. The summed E-state index contributed by atoms with van der Waals surface area (Å²) >= 11 is 0. The summed E-state index contributed by atoms with van der Waals surface area (Å²) in [6, 6.07) is 0. The molecule has 1 saturated heterocycles. The quantitative estimate of drug-likeness (QED) is 0.627. The molecule has 1 fully saturated rings. The average molecular weight is 308 g/mol. The standard InChI is InChI=1S/C13H25N3O3.ClH/c1-2-5-14-6-7-15-12(17)3-4-13(18)16-8-10-19-11-9-16;/h14H,2-11H2,1H3,(H,15,17);1H. The van der Waals surface area contributed by atoms with Gasteiger partial charge in [0.2, 0.25) is 11.8 Å². The van der Waals surface area contributed by atoms with Gasteiger partial charge in [0.25, 0.3) is 0 Å². The molecule has 0 saturated carbocycles. The molecule has 2 N–H and O–H groups in total. The molecule has 1 rings (SSSR count). The van der Waals surface area contributed by atoms with Crippen LogP contribution in [0.5, 0.6) is 0 Å². The number of morpholine rings is 1. The van der Waals surface area contributed by atoms with Crippen molar-refractivity contribution in [1.29, 1.82) is 0 Å². The van der Waals surface area contributed by atoms with E-state index in [1.807, 2.05) is 0 Å². The van der Waals surface area contributed by atoms with Gasteiger partial charge in [0.05, 0.1) is 13.2 Å². The van der Waals surface area contributed by atoms with Gasteiger partial charge in [-0.1, -0.05) is 6.92 Å².